The summed E-state index contributed by atoms with van der Waals surface area (Å²) in [4.78, 5) is 0. The molecule has 0 spiro atoms. The molecule has 0 bridgehead atoms. The van der Waals surface area contributed by atoms with Gasteiger partial charge in [-0.3, -0.25) is 0 Å². The zero-order valence-electron chi connectivity index (χ0n) is 10.8. The van der Waals surface area contributed by atoms with Crippen molar-refractivity contribution in [3.63, 3.8) is 0 Å². The maximum absolute atomic E-state index is 3.81. The van der Waals surface area contributed by atoms with Gasteiger partial charge in [0.25, 0.3) is 0 Å². The molecule has 0 amide bonds. The molecule has 1 rings (SSSR count). The minimum atomic E-state index is 0.569. The summed E-state index contributed by atoms with van der Waals surface area (Å²) in [6, 6.07) is 0. The van der Waals surface area contributed by atoms with Gasteiger partial charge in [-0.2, -0.15) is 0 Å². The molecule has 0 atom stereocenters. The molecule has 1 aliphatic carbocycles. The van der Waals surface area contributed by atoms with Gasteiger partial charge in [-0.05, 0) is 38.6 Å². The topological polar surface area (TPSA) is 12.0 Å². The molecule has 90 valence electrons. The SMILES string of the molecule is CCCCCCCNC1(CCC)CCC1. The maximum atomic E-state index is 3.81. The smallest absolute Gasteiger partial charge is 0.0181 e. The Morgan fingerprint density at radius 2 is 1.67 bits per heavy atom. The zero-order valence-corrected chi connectivity index (χ0v) is 10.8. The molecular formula is C14H29N. The summed E-state index contributed by atoms with van der Waals surface area (Å²) in [5.41, 5.74) is 0.569. The summed E-state index contributed by atoms with van der Waals surface area (Å²) < 4.78 is 0. The Labute approximate surface area is 96.0 Å². The third kappa shape index (κ3) is 4.55. The van der Waals surface area contributed by atoms with E-state index in [9.17, 15) is 0 Å². The molecule has 0 aromatic rings. The Morgan fingerprint density at radius 3 is 2.20 bits per heavy atom. The van der Waals surface area contributed by atoms with E-state index < -0.39 is 0 Å². The van der Waals surface area contributed by atoms with Crippen LogP contribution >= 0.6 is 0 Å². The average Bonchev–Trinajstić information content (AvgIpc) is 2.19. The van der Waals surface area contributed by atoms with Gasteiger partial charge in [0.1, 0.15) is 0 Å². The van der Waals surface area contributed by atoms with Crippen molar-refractivity contribution >= 4 is 0 Å². The molecule has 1 nitrogen and oxygen atoms in total. The fourth-order valence-electron chi connectivity index (χ4n) is 2.68. The second-order valence-corrected chi connectivity index (χ2v) is 5.22. The molecule has 15 heavy (non-hydrogen) atoms. The van der Waals surface area contributed by atoms with E-state index in [1.165, 1.54) is 70.8 Å². The van der Waals surface area contributed by atoms with Gasteiger partial charge in [0.2, 0.25) is 0 Å². The minimum Gasteiger partial charge on any atom is -0.311 e. The van der Waals surface area contributed by atoms with Crippen LogP contribution in [-0.2, 0) is 0 Å². The van der Waals surface area contributed by atoms with Gasteiger partial charge >= 0.3 is 0 Å². The van der Waals surface area contributed by atoms with Crippen LogP contribution in [0.1, 0.15) is 78.1 Å². The molecule has 1 N–H and O–H groups in total. The lowest BCUT2D eigenvalue weighted by molar-refractivity contribution is 0.168. The van der Waals surface area contributed by atoms with E-state index in [4.69, 9.17) is 0 Å². The largest absolute Gasteiger partial charge is 0.311 e. The van der Waals surface area contributed by atoms with E-state index in [1.807, 2.05) is 0 Å². The zero-order chi connectivity index (χ0) is 11.0. The van der Waals surface area contributed by atoms with Gasteiger partial charge in [0.05, 0.1) is 0 Å². The minimum absolute atomic E-state index is 0.569. The maximum Gasteiger partial charge on any atom is 0.0181 e. The Bertz CT molecular complexity index is 149. The molecular weight excluding hydrogens is 182 g/mol. The number of hydrogen-bond acceptors (Lipinski definition) is 1. The molecule has 0 heterocycles. The highest BCUT2D eigenvalue weighted by Gasteiger charge is 2.34. The predicted octanol–water partition coefficient (Wildman–Crippen LogP) is 4.27. The Morgan fingerprint density at radius 1 is 0.933 bits per heavy atom. The first-order valence-electron chi connectivity index (χ1n) is 7.08. The summed E-state index contributed by atoms with van der Waals surface area (Å²) >= 11 is 0. The quantitative estimate of drug-likeness (QED) is 0.562. The lowest BCUT2D eigenvalue weighted by Gasteiger charge is -2.43. The normalized spacial score (nSPS) is 18.8. The predicted molar refractivity (Wildman–Crippen MR) is 68.3 cm³/mol. The molecule has 0 unspecified atom stereocenters. The Balaban J connectivity index is 1.98. The molecule has 1 heteroatoms. The van der Waals surface area contributed by atoms with E-state index in [0.717, 1.165) is 0 Å². The molecule has 0 aromatic carbocycles. The first-order chi connectivity index (χ1) is 7.33. The highest BCUT2D eigenvalue weighted by Crippen LogP contribution is 2.35. The van der Waals surface area contributed by atoms with Crippen molar-refractivity contribution < 1.29 is 0 Å². The summed E-state index contributed by atoms with van der Waals surface area (Å²) in [5.74, 6) is 0. The van der Waals surface area contributed by atoms with Gasteiger partial charge in [-0.15, -0.1) is 0 Å². The number of unbranched alkanes of at least 4 members (excludes halogenated alkanes) is 4. The van der Waals surface area contributed by atoms with E-state index in [1.54, 1.807) is 0 Å². The lowest BCUT2D eigenvalue weighted by Crippen LogP contribution is -2.51. The fourth-order valence-corrected chi connectivity index (χ4v) is 2.68. The van der Waals surface area contributed by atoms with Crippen LogP contribution in [0.4, 0.5) is 0 Å². The Kier molecular flexibility index (Phi) is 6.31. The first-order valence-corrected chi connectivity index (χ1v) is 7.08. The monoisotopic (exact) mass is 211 g/mol. The molecule has 0 radical (unpaired) electrons. The summed E-state index contributed by atoms with van der Waals surface area (Å²) in [6.07, 6.45) is 14.0. The number of nitrogens with one attached hydrogen (secondary N) is 1. The molecule has 0 saturated heterocycles. The lowest BCUT2D eigenvalue weighted by atomic mass is 9.73. The second-order valence-electron chi connectivity index (χ2n) is 5.22. The van der Waals surface area contributed by atoms with E-state index in [2.05, 4.69) is 19.2 Å². The standard InChI is InChI=1S/C14H29N/c1-3-5-6-7-8-13-15-14(10-4-2)11-9-12-14/h15H,3-13H2,1-2H3. The van der Waals surface area contributed by atoms with Crippen molar-refractivity contribution in [3.05, 3.63) is 0 Å². The van der Waals surface area contributed by atoms with Crippen LogP contribution in [-0.4, -0.2) is 12.1 Å². The molecule has 1 saturated carbocycles. The van der Waals surface area contributed by atoms with Gasteiger partial charge in [-0.1, -0.05) is 46.0 Å². The van der Waals surface area contributed by atoms with Crippen molar-refractivity contribution in [2.45, 2.75) is 83.6 Å². The van der Waals surface area contributed by atoms with Crippen LogP contribution in [0.3, 0.4) is 0 Å². The van der Waals surface area contributed by atoms with E-state index in [-0.39, 0.29) is 0 Å². The van der Waals surface area contributed by atoms with E-state index in [0.29, 0.717) is 5.54 Å². The van der Waals surface area contributed by atoms with Crippen LogP contribution in [0.15, 0.2) is 0 Å². The summed E-state index contributed by atoms with van der Waals surface area (Å²) in [7, 11) is 0. The molecule has 0 aliphatic heterocycles. The van der Waals surface area contributed by atoms with Crippen molar-refractivity contribution in [1.29, 1.82) is 0 Å². The van der Waals surface area contributed by atoms with Crippen LogP contribution < -0.4 is 5.32 Å². The highest BCUT2D eigenvalue weighted by atomic mass is 15.0. The summed E-state index contributed by atoms with van der Waals surface area (Å²) in [6.45, 7) is 5.84. The average molecular weight is 211 g/mol. The van der Waals surface area contributed by atoms with Crippen molar-refractivity contribution in [1.82, 2.24) is 5.32 Å². The number of rotatable bonds is 9. The van der Waals surface area contributed by atoms with Crippen molar-refractivity contribution in [2.24, 2.45) is 0 Å². The van der Waals surface area contributed by atoms with Gasteiger partial charge in [-0.25, -0.2) is 0 Å². The van der Waals surface area contributed by atoms with E-state index >= 15 is 0 Å². The van der Waals surface area contributed by atoms with Gasteiger partial charge in [0, 0.05) is 5.54 Å². The third-order valence-corrected chi connectivity index (χ3v) is 3.82. The van der Waals surface area contributed by atoms with Gasteiger partial charge in [0.15, 0.2) is 0 Å². The third-order valence-electron chi connectivity index (χ3n) is 3.82. The Hall–Kier alpha value is -0.0400. The van der Waals surface area contributed by atoms with Crippen LogP contribution in [0.5, 0.6) is 0 Å². The van der Waals surface area contributed by atoms with Crippen molar-refractivity contribution in [2.75, 3.05) is 6.54 Å². The van der Waals surface area contributed by atoms with Crippen LogP contribution in [0.25, 0.3) is 0 Å². The van der Waals surface area contributed by atoms with Crippen LogP contribution in [0, 0.1) is 0 Å². The van der Waals surface area contributed by atoms with Crippen molar-refractivity contribution in [3.8, 4) is 0 Å². The summed E-state index contributed by atoms with van der Waals surface area (Å²) in [5, 5.41) is 3.81. The molecule has 1 aliphatic rings. The van der Waals surface area contributed by atoms with Gasteiger partial charge < -0.3 is 5.32 Å². The van der Waals surface area contributed by atoms with Crippen LogP contribution in [0.2, 0.25) is 0 Å². The number of hydrogen-bond donors (Lipinski definition) is 1. The molecule has 0 aromatic heterocycles. The molecule has 1 fully saturated rings. The first kappa shape index (κ1) is 13.0. The highest BCUT2D eigenvalue weighted by molar-refractivity contribution is 4.95. The fraction of sp³-hybridized carbons (Fsp3) is 1.00. The second kappa shape index (κ2) is 7.27.